The Hall–Kier alpha value is -7.41. The van der Waals surface area contributed by atoms with E-state index in [-0.39, 0.29) is 77.2 Å². The van der Waals surface area contributed by atoms with E-state index < -0.39 is 20.7 Å². The summed E-state index contributed by atoms with van der Waals surface area (Å²) in [7, 11) is -3.85. The monoisotopic (exact) mass is 1200 g/mol. The molecule has 22 nitrogen and oxygen atoms in total. The van der Waals surface area contributed by atoms with Gasteiger partial charge in [0, 0.05) is 131 Å². The summed E-state index contributed by atoms with van der Waals surface area (Å²) in [5, 5.41) is 21.3. The third-order valence-electron chi connectivity index (χ3n) is 16.8. The van der Waals surface area contributed by atoms with Crippen molar-refractivity contribution >= 4 is 61.8 Å². The highest BCUT2D eigenvalue weighted by Gasteiger charge is 2.43. The number of halogens is 1. The van der Waals surface area contributed by atoms with Crippen molar-refractivity contribution in [3.8, 4) is 5.75 Å². The number of sulfone groups is 1. The second kappa shape index (κ2) is 26.3. The average molecular weight is 1200 g/mol. The Bertz CT molecular complexity index is 3500. The van der Waals surface area contributed by atoms with Gasteiger partial charge in [-0.2, -0.15) is 5.10 Å². The summed E-state index contributed by atoms with van der Waals surface area (Å²) >= 11 is 0. The second-order valence-corrected chi connectivity index (χ2v) is 27.6. The highest BCUT2D eigenvalue weighted by atomic mass is 32.2. The molecule has 3 fully saturated rings. The van der Waals surface area contributed by atoms with E-state index in [0.717, 1.165) is 33.8 Å². The number of carbonyl (C=O) groups is 3. The van der Waals surface area contributed by atoms with Crippen molar-refractivity contribution < 1.29 is 37.0 Å². The van der Waals surface area contributed by atoms with Crippen molar-refractivity contribution in [2.24, 2.45) is 0 Å². The van der Waals surface area contributed by atoms with E-state index in [2.05, 4.69) is 84.7 Å². The van der Waals surface area contributed by atoms with Crippen molar-refractivity contribution in [3.05, 3.63) is 107 Å². The number of aromatic amines is 1. The standard InChI is InChI=1S/C59H76FN15O7S.C3H8/c1-37-30-72(21-20-71(37)32-44-33-74(57(78)79)38(2)31-73(44)34-52(76)75-35-59(8,9)53-48(75)24-42(27-63-53)23-41-11-13-43(60)14-12-41)51-29-61-47(28-62-51)56(77)70-18-16-69(17-19-70)15-10-22-82-49-26-46-45(25-50(49)83(80,81)58(5,6)7)55(65-36-64-46)66-54-39(3)40(4)67-68-54;1-3-2/h11-14,24-29,36-38,44H,10,15-23,30-35H2,1-9H3,(H,78,79)(H2,64,65,66,67,68);3H2,1-2H3/t37-,38-,44+;/m1./s1. The first-order valence-electron chi connectivity index (χ1n) is 29.9. The number of carbonyl (C=O) groups excluding carboxylic acids is 2. The summed E-state index contributed by atoms with van der Waals surface area (Å²) in [6.45, 7) is 28.3. The van der Waals surface area contributed by atoms with Crippen molar-refractivity contribution in [3.63, 3.8) is 0 Å². The Kier molecular flexibility index (Phi) is 19.3. The molecule has 0 spiro atoms. The number of H-pyrrole nitrogens is 1. The SMILES string of the molecule is CCC.Cc1[nH]nc(Nc2ncnc3cc(OCCCN4CCN(C(=O)c5cnc(N6CCN(C[C@H]7CN(C(=O)O)[C@H](C)CN7CC(=O)N7CC(C)(C)c8ncc(Cc9ccc(F)cc9)cc87)[C@H](C)C6)cn5)CC4)c(S(=O)(=O)C(C)(C)C)cc23)c1C. The third kappa shape index (κ3) is 14.0. The molecule has 0 aliphatic carbocycles. The lowest BCUT2D eigenvalue weighted by molar-refractivity contribution is -0.121. The van der Waals surface area contributed by atoms with E-state index >= 15 is 0 Å². The van der Waals surface area contributed by atoms with Crippen molar-refractivity contribution in [1.29, 1.82) is 0 Å². The van der Waals surface area contributed by atoms with Crippen LogP contribution in [0.3, 0.4) is 0 Å². The van der Waals surface area contributed by atoms with Gasteiger partial charge in [0.1, 0.15) is 40.1 Å². The molecule has 3 atom stereocenters. The molecule has 4 aliphatic rings. The van der Waals surface area contributed by atoms with Crippen molar-refractivity contribution in [1.82, 2.24) is 59.6 Å². The maximum Gasteiger partial charge on any atom is 0.407 e. The molecule has 0 unspecified atom stereocenters. The van der Waals surface area contributed by atoms with Gasteiger partial charge in [0.25, 0.3) is 5.91 Å². The molecule has 8 heterocycles. The molecule has 86 heavy (non-hydrogen) atoms. The quantitative estimate of drug-likeness (QED) is 0.0785. The minimum atomic E-state index is -3.85. The van der Waals surface area contributed by atoms with Gasteiger partial charge in [-0.25, -0.2) is 37.5 Å². The van der Waals surface area contributed by atoms with Crippen LogP contribution in [0, 0.1) is 19.7 Å². The number of carboxylic acid groups (broad SMARTS) is 1. The molecule has 4 aliphatic heterocycles. The van der Waals surface area contributed by atoms with Crippen LogP contribution in [-0.4, -0.2) is 206 Å². The van der Waals surface area contributed by atoms with Crippen LogP contribution in [-0.2, 0) is 26.5 Å². The zero-order chi connectivity index (χ0) is 61.8. The fraction of sp³-hybridized carbons (Fsp3) is 0.532. The molecule has 6 aromatic rings. The first-order chi connectivity index (χ1) is 40.8. The van der Waals surface area contributed by atoms with Crippen LogP contribution in [0.15, 0.2) is 72.3 Å². The molecule has 3 N–H and O–H groups in total. The summed E-state index contributed by atoms with van der Waals surface area (Å²) in [6, 6.07) is 11.2. The van der Waals surface area contributed by atoms with Gasteiger partial charge >= 0.3 is 6.09 Å². The minimum Gasteiger partial charge on any atom is -0.492 e. The zero-order valence-electron chi connectivity index (χ0n) is 51.6. The lowest BCUT2D eigenvalue weighted by atomic mass is 9.91. The van der Waals surface area contributed by atoms with Crippen LogP contribution < -0.4 is 19.9 Å². The summed E-state index contributed by atoms with van der Waals surface area (Å²) in [5.41, 5.74) is 5.72. The fourth-order valence-electron chi connectivity index (χ4n) is 11.6. The van der Waals surface area contributed by atoms with Crippen LogP contribution in [0.4, 0.5) is 32.3 Å². The number of benzene rings is 2. The van der Waals surface area contributed by atoms with E-state index in [1.165, 1.54) is 29.8 Å². The predicted octanol–water partition coefficient (Wildman–Crippen LogP) is 7.73. The molecule has 3 saturated heterocycles. The summed E-state index contributed by atoms with van der Waals surface area (Å²) in [5.74, 6) is 1.35. The smallest absolute Gasteiger partial charge is 0.407 e. The number of anilines is 4. The molecule has 2 aromatic carbocycles. The molecule has 24 heteroatoms. The Morgan fingerprint density at radius 3 is 2.23 bits per heavy atom. The molecular weight excluding hydrogens is 1120 g/mol. The summed E-state index contributed by atoms with van der Waals surface area (Å²) in [4.78, 5) is 77.8. The second-order valence-electron chi connectivity index (χ2n) is 24.9. The first kappa shape index (κ1) is 63.1. The van der Waals surface area contributed by atoms with Crippen molar-refractivity contribution in [2.45, 2.75) is 129 Å². The van der Waals surface area contributed by atoms with Crippen LogP contribution in [0.1, 0.15) is 114 Å². The van der Waals surface area contributed by atoms with Crippen LogP contribution in [0.2, 0.25) is 0 Å². The number of nitrogens with zero attached hydrogens (tertiary/aromatic N) is 13. The number of piperazine rings is 3. The number of fused-ring (bicyclic) bond motifs is 2. The number of aryl methyl sites for hydroxylation is 1. The van der Waals surface area contributed by atoms with Gasteiger partial charge in [0.15, 0.2) is 15.7 Å². The predicted molar refractivity (Wildman–Crippen MR) is 330 cm³/mol. The van der Waals surface area contributed by atoms with Gasteiger partial charge in [0.05, 0.1) is 47.2 Å². The topological polar surface area (TPSA) is 243 Å². The van der Waals surface area contributed by atoms with Gasteiger partial charge in [-0.1, -0.05) is 46.2 Å². The van der Waals surface area contributed by atoms with E-state index in [0.29, 0.717) is 113 Å². The fourth-order valence-corrected chi connectivity index (χ4v) is 12.9. The maximum atomic E-state index is 14.5. The van der Waals surface area contributed by atoms with Crippen LogP contribution in [0.5, 0.6) is 5.75 Å². The number of rotatable bonds is 16. The largest absolute Gasteiger partial charge is 0.492 e. The number of ether oxygens (including phenoxy) is 1. The Morgan fingerprint density at radius 2 is 1.58 bits per heavy atom. The third-order valence-corrected chi connectivity index (χ3v) is 19.3. The summed E-state index contributed by atoms with van der Waals surface area (Å²) in [6.07, 6.45) is 7.89. The van der Waals surface area contributed by atoms with Gasteiger partial charge in [-0.15, -0.1) is 0 Å². The average Bonchev–Trinajstić information content (AvgIpc) is 1.84. The van der Waals surface area contributed by atoms with Crippen LogP contribution in [0.25, 0.3) is 10.9 Å². The van der Waals surface area contributed by atoms with Gasteiger partial charge in [0.2, 0.25) is 5.91 Å². The molecular formula is C62H84FN15O7S. The van der Waals surface area contributed by atoms with Crippen molar-refractivity contribution in [2.75, 3.05) is 107 Å². The van der Waals surface area contributed by atoms with Gasteiger partial charge in [-0.3, -0.25) is 34.4 Å². The van der Waals surface area contributed by atoms with E-state index in [1.54, 1.807) is 62.3 Å². The summed E-state index contributed by atoms with van der Waals surface area (Å²) < 4.78 is 46.8. The number of hydrogen-bond acceptors (Lipinski definition) is 17. The molecule has 0 radical (unpaired) electrons. The number of aromatic nitrogens is 7. The molecule has 10 rings (SSSR count). The maximum absolute atomic E-state index is 14.5. The highest BCUT2D eigenvalue weighted by Crippen LogP contribution is 2.41. The normalized spacial score (nSPS) is 19.5. The van der Waals surface area contributed by atoms with Gasteiger partial charge < -0.3 is 34.8 Å². The molecule has 0 saturated carbocycles. The zero-order valence-corrected chi connectivity index (χ0v) is 52.4. The number of nitrogens with one attached hydrogen (secondary N) is 2. The lowest BCUT2D eigenvalue weighted by Gasteiger charge is -2.48. The molecule has 3 amide bonds. The number of amides is 3. The first-order valence-corrected chi connectivity index (χ1v) is 31.4. The van der Waals surface area contributed by atoms with Crippen LogP contribution >= 0.6 is 0 Å². The van der Waals surface area contributed by atoms with E-state index in [4.69, 9.17) is 14.7 Å². The van der Waals surface area contributed by atoms with E-state index in [9.17, 15) is 32.3 Å². The molecule has 0 bridgehead atoms. The number of hydrogen-bond donors (Lipinski definition) is 3. The Morgan fingerprint density at radius 1 is 0.849 bits per heavy atom. The Balaban J connectivity index is 0.00000288. The van der Waals surface area contributed by atoms with Gasteiger partial charge in [-0.05, 0) is 96.7 Å². The molecule has 4 aromatic heterocycles. The minimum absolute atomic E-state index is 0.0524. The lowest BCUT2D eigenvalue weighted by Crippen LogP contribution is -2.64. The highest BCUT2D eigenvalue weighted by molar-refractivity contribution is 7.92. The van der Waals surface area contributed by atoms with E-state index in [1.807, 2.05) is 37.9 Å². The Labute approximate surface area is 504 Å². The molecule has 462 valence electrons. The number of pyridine rings is 1.